The lowest BCUT2D eigenvalue weighted by Crippen LogP contribution is -2.13. The SMILES string of the molecule is CNc1cc(C(=O)Nc2cnccc2C)cc(Cl)n1. The van der Waals surface area contributed by atoms with E-state index in [1.54, 1.807) is 25.5 Å². The van der Waals surface area contributed by atoms with Crippen LogP contribution in [0.3, 0.4) is 0 Å². The molecule has 1 amide bonds. The van der Waals surface area contributed by atoms with Gasteiger partial charge in [-0.25, -0.2) is 4.98 Å². The minimum Gasteiger partial charge on any atom is -0.373 e. The van der Waals surface area contributed by atoms with Crippen LogP contribution >= 0.6 is 11.6 Å². The molecule has 0 aliphatic carbocycles. The molecule has 19 heavy (non-hydrogen) atoms. The molecule has 5 nitrogen and oxygen atoms in total. The summed E-state index contributed by atoms with van der Waals surface area (Å²) in [6.07, 6.45) is 3.28. The number of hydrogen-bond acceptors (Lipinski definition) is 4. The molecule has 0 saturated carbocycles. The van der Waals surface area contributed by atoms with E-state index in [0.29, 0.717) is 17.1 Å². The summed E-state index contributed by atoms with van der Waals surface area (Å²) in [5.41, 5.74) is 2.05. The number of carbonyl (C=O) groups excluding carboxylic acids is 1. The van der Waals surface area contributed by atoms with Crippen molar-refractivity contribution in [1.29, 1.82) is 0 Å². The summed E-state index contributed by atoms with van der Waals surface area (Å²) in [4.78, 5) is 20.1. The third kappa shape index (κ3) is 3.20. The van der Waals surface area contributed by atoms with E-state index in [1.165, 1.54) is 6.07 Å². The molecular weight excluding hydrogens is 264 g/mol. The van der Waals surface area contributed by atoms with E-state index in [1.807, 2.05) is 13.0 Å². The van der Waals surface area contributed by atoms with Crippen molar-refractivity contribution in [3.05, 3.63) is 46.9 Å². The molecule has 2 rings (SSSR count). The highest BCUT2D eigenvalue weighted by molar-refractivity contribution is 6.30. The van der Waals surface area contributed by atoms with Gasteiger partial charge in [-0.3, -0.25) is 9.78 Å². The van der Waals surface area contributed by atoms with Crippen LogP contribution in [0.15, 0.2) is 30.6 Å². The Morgan fingerprint density at radius 3 is 2.84 bits per heavy atom. The summed E-state index contributed by atoms with van der Waals surface area (Å²) < 4.78 is 0. The third-order valence-electron chi connectivity index (χ3n) is 2.60. The average Bonchev–Trinajstić information content (AvgIpc) is 2.40. The first-order valence-electron chi connectivity index (χ1n) is 5.67. The van der Waals surface area contributed by atoms with Crippen molar-refractivity contribution in [2.75, 3.05) is 17.7 Å². The van der Waals surface area contributed by atoms with Gasteiger partial charge in [0.25, 0.3) is 5.91 Å². The van der Waals surface area contributed by atoms with Crippen LogP contribution in [0.2, 0.25) is 5.15 Å². The average molecular weight is 277 g/mol. The molecule has 0 aliphatic rings. The Balaban J connectivity index is 2.25. The van der Waals surface area contributed by atoms with Crippen LogP contribution in [0.1, 0.15) is 15.9 Å². The van der Waals surface area contributed by atoms with Gasteiger partial charge in [-0.05, 0) is 30.7 Å². The van der Waals surface area contributed by atoms with E-state index < -0.39 is 0 Å². The molecule has 0 radical (unpaired) electrons. The van der Waals surface area contributed by atoms with Gasteiger partial charge < -0.3 is 10.6 Å². The summed E-state index contributed by atoms with van der Waals surface area (Å²) in [5, 5.41) is 5.90. The zero-order chi connectivity index (χ0) is 13.8. The van der Waals surface area contributed by atoms with E-state index >= 15 is 0 Å². The van der Waals surface area contributed by atoms with Crippen molar-refractivity contribution >= 4 is 29.0 Å². The number of aryl methyl sites for hydroxylation is 1. The quantitative estimate of drug-likeness (QED) is 0.846. The fourth-order valence-corrected chi connectivity index (χ4v) is 1.75. The second kappa shape index (κ2) is 5.67. The lowest BCUT2D eigenvalue weighted by molar-refractivity contribution is 0.102. The second-order valence-electron chi connectivity index (χ2n) is 3.96. The molecule has 0 spiro atoms. The summed E-state index contributed by atoms with van der Waals surface area (Å²) in [6, 6.07) is 4.98. The van der Waals surface area contributed by atoms with Crippen LogP contribution in [0.25, 0.3) is 0 Å². The van der Waals surface area contributed by atoms with Crippen LogP contribution < -0.4 is 10.6 Å². The molecular formula is C13H13ClN4O. The number of hydrogen-bond donors (Lipinski definition) is 2. The smallest absolute Gasteiger partial charge is 0.255 e. The summed E-state index contributed by atoms with van der Waals surface area (Å²) in [6.45, 7) is 1.90. The summed E-state index contributed by atoms with van der Waals surface area (Å²) >= 11 is 5.86. The van der Waals surface area contributed by atoms with Crippen LogP contribution in [-0.2, 0) is 0 Å². The Morgan fingerprint density at radius 1 is 1.37 bits per heavy atom. The van der Waals surface area contributed by atoms with Crippen molar-refractivity contribution in [2.24, 2.45) is 0 Å². The van der Waals surface area contributed by atoms with E-state index in [2.05, 4.69) is 20.6 Å². The predicted octanol–water partition coefficient (Wildman–Crippen LogP) is 2.73. The van der Waals surface area contributed by atoms with Crippen molar-refractivity contribution in [1.82, 2.24) is 9.97 Å². The van der Waals surface area contributed by atoms with Gasteiger partial charge in [0.05, 0.1) is 11.9 Å². The van der Waals surface area contributed by atoms with Crippen LogP contribution in [0, 0.1) is 6.92 Å². The number of amides is 1. The Bertz CT molecular complexity index is 615. The fourth-order valence-electron chi connectivity index (χ4n) is 1.55. The molecule has 2 aromatic rings. The molecule has 0 fully saturated rings. The van der Waals surface area contributed by atoms with Gasteiger partial charge in [0.2, 0.25) is 0 Å². The van der Waals surface area contributed by atoms with Crippen LogP contribution in [0.5, 0.6) is 0 Å². The van der Waals surface area contributed by atoms with Gasteiger partial charge >= 0.3 is 0 Å². The zero-order valence-corrected chi connectivity index (χ0v) is 11.3. The number of anilines is 2. The molecule has 0 saturated heterocycles. The van der Waals surface area contributed by atoms with Gasteiger partial charge in [0, 0.05) is 18.8 Å². The molecule has 0 unspecified atom stereocenters. The van der Waals surface area contributed by atoms with Crippen molar-refractivity contribution in [3.8, 4) is 0 Å². The monoisotopic (exact) mass is 276 g/mol. The van der Waals surface area contributed by atoms with Gasteiger partial charge in [0.1, 0.15) is 11.0 Å². The molecule has 0 aliphatic heterocycles. The molecule has 0 aromatic carbocycles. The normalized spacial score (nSPS) is 10.1. The molecule has 6 heteroatoms. The van der Waals surface area contributed by atoms with Crippen molar-refractivity contribution < 1.29 is 4.79 Å². The highest BCUT2D eigenvalue weighted by Crippen LogP contribution is 2.17. The number of pyridine rings is 2. The Labute approximate surface area is 116 Å². The lowest BCUT2D eigenvalue weighted by atomic mass is 10.2. The topological polar surface area (TPSA) is 66.9 Å². The standard InChI is InChI=1S/C13H13ClN4O/c1-8-3-4-16-7-10(8)17-13(19)9-5-11(14)18-12(6-9)15-2/h3-7H,1-2H3,(H,15,18)(H,17,19). The highest BCUT2D eigenvalue weighted by atomic mass is 35.5. The molecule has 0 bridgehead atoms. The molecule has 2 N–H and O–H groups in total. The molecule has 2 aromatic heterocycles. The van der Waals surface area contributed by atoms with E-state index in [-0.39, 0.29) is 11.1 Å². The van der Waals surface area contributed by atoms with Gasteiger partial charge in [-0.1, -0.05) is 11.6 Å². The highest BCUT2D eigenvalue weighted by Gasteiger charge is 2.10. The van der Waals surface area contributed by atoms with Crippen molar-refractivity contribution in [3.63, 3.8) is 0 Å². The number of nitrogens with zero attached hydrogens (tertiary/aromatic N) is 2. The maximum Gasteiger partial charge on any atom is 0.255 e. The minimum absolute atomic E-state index is 0.253. The number of rotatable bonds is 3. The summed E-state index contributed by atoms with van der Waals surface area (Å²) in [7, 11) is 1.71. The molecule has 98 valence electrons. The first-order chi connectivity index (χ1) is 9.10. The first-order valence-corrected chi connectivity index (χ1v) is 6.05. The van der Waals surface area contributed by atoms with Crippen LogP contribution in [-0.4, -0.2) is 22.9 Å². The second-order valence-corrected chi connectivity index (χ2v) is 4.35. The van der Waals surface area contributed by atoms with E-state index in [0.717, 1.165) is 5.56 Å². The fraction of sp³-hybridized carbons (Fsp3) is 0.154. The first kappa shape index (κ1) is 13.3. The third-order valence-corrected chi connectivity index (χ3v) is 2.79. The van der Waals surface area contributed by atoms with Gasteiger partial charge in [-0.2, -0.15) is 0 Å². The van der Waals surface area contributed by atoms with E-state index in [9.17, 15) is 4.79 Å². The zero-order valence-electron chi connectivity index (χ0n) is 10.6. The molecule has 0 atom stereocenters. The number of halogens is 1. The largest absolute Gasteiger partial charge is 0.373 e. The van der Waals surface area contributed by atoms with Gasteiger partial charge in [0.15, 0.2) is 0 Å². The summed E-state index contributed by atoms with van der Waals surface area (Å²) in [5.74, 6) is 0.289. The van der Waals surface area contributed by atoms with Crippen molar-refractivity contribution in [2.45, 2.75) is 6.92 Å². The number of nitrogens with one attached hydrogen (secondary N) is 2. The lowest BCUT2D eigenvalue weighted by Gasteiger charge is -2.08. The maximum atomic E-state index is 12.1. The maximum absolute atomic E-state index is 12.1. The van der Waals surface area contributed by atoms with Crippen LogP contribution in [0.4, 0.5) is 11.5 Å². The number of aromatic nitrogens is 2. The minimum atomic E-state index is -0.253. The Hall–Kier alpha value is -2.14. The Morgan fingerprint density at radius 2 is 2.16 bits per heavy atom. The number of carbonyl (C=O) groups is 1. The Kier molecular flexibility index (Phi) is 3.97. The van der Waals surface area contributed by atoms with E-state index in [4.69, 9.17) is 11.6 Å². The molecule has 2 heterocycles. The van der Waals surface area contributed by atoms with Gasteiger partial charge in [-0.15, -0.1) is 0 Å². The predicted molar refractivity (Wildman–Crippen MR) is 75.7 cm³/mol.